The van der Waals surface area contributed by atoms with Crippen molar-refractivity contribution in [2.24, 2.45) is 0 Å². The number of methoxy groups -OCH3 is 1. The number of aryl methyl sites for hydroxylation is 1. The van der Waals surface area contributed by atoms with Crippen molar-refractivity contribution < 1.29 is 4.74 Å². The summed E-state index contributed by atoms with van der Waals surface area (Å²) in [5, 5.41) is 4.89. The molecule has 0 saturated heterocycles. The average Bonchev–Trinajstić information content (AvgIpc) is 2.92. The van der Waals surface area contributed by atoms with E-state index < -0.39 is 0 Å². The van der Waals surface area contributed by atoms with Crippen molar-refractivity contribution in [3.63, 3.8) is 0 Å². The molecule has 0 aliphatic carbocycles. The summed E-state index contributed by atoms with van der Waals surface area (Å²) in [6, 6.07) is 1.88. The number of hydrogen-bond donors (Lipinski definition) is 0. The van der Waals surface area contributed by atoms with Crippen molar-refractivity contribution in [3.8, 4) is 0 Å². The van der Waals surface area contributed by atoms with Crippen LogP contribution in [-0.2, 0) is 17.9 Å². The van der Waals surface area contributed by atoms with E-state index in [2.05, 4.69) is 20.0 Å². The highest BCUT2D eigenvalue weighted by Crippen LogP contribution is 2.10. The molecule has 0 bridgehead atoms. The Morgan fingerprint density at radius 1 is 1.35 bits per heavy atom. The third kappa shape index (κ3) is 3.08. The maximum atomic E-state index is 12.6. The minimum atomic E-state index is -0.0561. The van der Waals surface area contributed by atoms with E-state index >= 15 is 0 Å². The van der Waals surface area contributed by atoms with Crippen LogP contribution < -0.4 is 5.56 Å². The first-order valence-corrected chi connectivity index (χ1v) is 7.47. The highest BCUT2D eigenvalue weighted by Gasteiger charge is 2.11. The summed E-state index contributed by atoms with van der Waals surface area (Å²) in [5.41, 5.74) is 0.651. The zero-order valence-electron chi connectivity index (χ0n) is 13.6. The molecule has 0 radical (unpaired) electrons. The van der Waals surface area contributed by atoms with Gasteiger partial charge in [-0.2, -0.15) is 9.50 Å². The first-order valence-electron chi connectivity index (χ1n) is 7.47. The highest BCUT2D eigenvalue weighted by molar-refractivity contribution is 5.78. The third-order valence-corrected chi connectivity index (χ3v) is 3.63. The van der Waals surface area contributed by atoms with Crippen molar-refractivity contribution in [2.45, 2.75) is 19.6 Å². The summed E-state index contributed by atoms with van der Waals surface area (Å²) in [4.78, 5) is 23.2. The number of aromatic nitrogens is 5. The van der Waals surface area contributed by atoms with E-state index in [1.165, 1.54) is 0 Å². The fraction of sp³-hybridized carbons (Fsp3) is 0.467. The maximum Gasteiger partial charge on any atom is 0.261 e. The Morgan fingerprint density at radius 3 is 2.91 bits per heavy atom. The SMILES string of the molecule is COCc1nc2ncc3c(=O)n(CCCN(C)C)ccc3n2n1. The quantitative estimate of drug-likeness (QED) is 0.660. The standard InChI is InChI=1S/C15H20N6O2/c1-19(2)6-4-7-20-8-5-12-11(14(20)22)9-16-15-17-13(10-23-3)18-21(12)15/h5,8-9H,4,6-7,10H2,1-3H3. The minimum absolute atomic E-state index is 0.0561. The van der Waals surface area contributed by atoms with Gasteiger partial charge in [-0.1, -0.05) is 0 Å². The van der Waals surface area contributed by atoms with Gasteiger partial charge in [0, 0.05) is 26.0 Å². The van der Waals surface area contributed by atoms with Gasteiger partial charge in [-0.25, -0.2) is 4.98 Å². The number of hydrogen-bond acceptors (Lipinski definition) is 6. The minimum Gasteiger partial charge on any atom is -0.377 e. The molecule has 0 amide bonds. The summed E-state index contributed by atoms with van der Waals surface area (Å²) in [6.07, 6.45) is 4.29. The first kappa shape index (κ1) is 15.6. The molecule has 0 spiro atoms. The molecule has 23 heavy (non-hydrogen) atoms. The van der Waals surface area contributed by atoms with Crippen molar-refractivity contribution in [2.75, 3.05) is 27.7 Å². The van der Waals surface area contributed by atoms with Crippen molar-refractivity contribution >= 4 is 16.7 Å². The molecular weight excluding hydrogens is 296 g/mol. The largest absolute Gasteiger partial charge is 0.377 e. The van der Waals surface area contributed by atoms with Crippen LogP contribution in [0.3, 0.4) is 0 Å². The zero-order chi connectivity index (χ0) is 16.4. The van der Waals surface area contributed by atoms with Gasteiger partial charge in [-0.15, -0.1) is 5.10 Å². The number of nitrogens with zero attached hydrogens (tertiary/aromatic N) is 6. The van der Waals surface area contributed by atoms with Crippen LogP contribution in [0.25, 0.3) is 16.7 Å². The Kier molecular flexibility index (Phi) is 4.35. The van der Waals surface area contributed by atoms with Crippen LogP contribution in [-0.4, -0.2) is 56.8 Å². The van der Waals surface area contributed by atoms with Crippen LogP contribution in [0.1, 0.15) is 12.2 Å². The molecule has 0 aliphatic heterocycles. The van der Waals surface area contributed by atoms with Gasteiger partial charge < -0.3 is 14.2 Å². The molecule has 0 saturated carbocycles. The third-order valence-electron chi connectivity index (χ3n) is 3.63. The molecule has 8 nitrogen and oxygen atoms in total. The second kappa shape index (κ2) is 6.43. The molecule has 8 heteroatoms. The Morgan fingerprint density at radius 2 is 2.17 bits per heavy atom. The molecule has 3 heterocycles. The predicted molar refractivity (Wildman–Crippen MR) is 86.4 cm³/mol. The van der Waals surface area contributed by atoms with E-state index in [0.29, 0.717) is 35.7 Å². The van der Waals surface area contributed by atoms with Gasteiger partial charge in [-0.3, -0.25) is 4.79 Å². The fourth-order valence-electron chi connectivity index (χ4n) is 2.52. The number of pyridine rings is 1. The number of rotatable bonds is 6. The molecule has 0 unspecified atom stereocenters. The Hall–Kier alpha value is -2.32. The Bertz CT molecular complexity index is 883. The van der Waals surface area contributed by atoms with E-state index in [4.69, 9.17) is 4.74 Å². The fourth-order valence-corrected chi connectivity index (χ4v) is 2.52. The van der Waals surface area contributed by atoms with Crippen molar-refractivity contribution in [1.82, 2.24) is 29.0 Å². The van der Waals surface area contributed by atoms with Crippen molar-refractivity contribution in [3.05, 3.63) is 34.6 Å². The molecule has 3 rings (SSSR count). The predicted octanol–water partition coefficient (Wildman–Crippen LogP) is 0.537. The van der Waals surface area contributed by atoms with E-state index in [1.54, 1.807) is 28.6 Å². The number of fused-ring (bicyclic) bond motifs is 3. The van der Waals surface area contributed by atoms with Crippen LogP contribution in [0.4, 0.5) is 0 Å². The van der Waals surface area contributed by atoms with Crippen LogP contribution >= 0.6 is 0 Å². The molecule has 0 aliphatic rings. The molecule has 122 valence electrons. The Balaban J connectivity index is 2.01. The molecule has 0 fully saturated rings. The number of ether oxygens (including phenoxy) is 1. The lowest BCUT2D eigenvalue weighted by Gasteiger charge is -2.11. The summed E-state index contributed by atoms with van der Waals surface area (Å²) in [6.45, 7) is 1.93. The lowest BCUT2D eigenvalue weighted by molar-refractivity contribution is 0.178. The van der Waals surface area contributed by atoms with Gasteiger partial charge in [0.1, 0.15) is 6.61 Å². The zero-order valence-corrected chi connectivity index (χ0v) is 13.6. The second-order valence-electron chi connectivity index (χ2n) is 5.70. The van der Waals surface area contributed by atoms with Gasteiger partial charge >= 0.3 is 0 Å². The second-order valence-corrected chi connectivity index (χ2v) is 5.70. The summed E-state index contributed by atoms with van der Waals surface area (Å²) >= 11 is 0. The molecule has 3 aromatic heterocycles. The highest BCUT2D eigenvalue weighted by atomic mass is 16.5. The topological polar surface area (TPSA) is 77.6 Å². The van der Waals surface area contributed by atoms with Crippen LogP contribution in [0.2, 0.25) is 0 Å². The molecule has 3 aromatic rings. The van der Waals surface area contributed by atoms with Crippen LogP contribution in [0.15, 0.2) is 23.3 Å². The normalized spacial score (nSPS) is 11.8. The molecule has 0 aromatic carbocycles. The molecule has 0 N–H and O–H groups in total. The van der Waals surface area contributed by atoms with E-state index in [1.807, 2.05) is 20.2 Å². The van der Waals surface area contributed by atoms with E-state index in [-0.39, 0.29) is 5.56 Å². The monoisotopic (exact) mass is 316 g/mol. The van der Waals surface area contributed by atoms with Gasteiger partial charge in [-0.05, 0) is 33.1 Å². The van der Waals surface area contributed by atoms with E-state index in [0.717, 1.165) is 13.0 Å². The van der Waals surface area contributed by atoms with Crippen molar-refractivity contribution in [1.29, 1.82) is 0 Å². The van der Waals surface area contributed by atoms with Gasteiger partial charge in [0.15, 0.2) is 5.82 Å². The van der Waals surface area contributed by atoms with E-state index in [9.17, 15) is 4.79 Å². The van der Waals surface area contributed by atoms with Gasteiger partial charge in [0.2, 0.25) is 0 Å². The summed E-state index contributed by atoms with van der Waals surface area (Å²) in [7, 11) is 5.63. The summed E-state index contributed by atoms with van der Waals surface area (Å²) < 4.78 is 8.35. The maximum absolute atomic E-state index is 12.6. The smallest absolute Gasteiger partial charge is 0.261 e. The Labute approximate surface area is 133 Å². The van der Waals surface area contributed by atoms with Crippen LogP contribution in [0, 0.1) is 0 Å². The van der Waals surface area contributed by atoms with Gasteiger partial charge in [0.05, 0.1) is 10.9 Å². The average molecular weight is 316 g/mol. The van der Waals surface area contributed by atoms with Crippen LogP contribution in [0.5, 0.6) is 0 Å². The molecular formula is C15H20N6O2. The molecule has 0 atom stereocenters. The lowest BCUT2D eigenvalue weighted by atomic mass is 10.3. The lowest BCUT2D eigenvalue weighted by Crippen LogP contribution is -2.23. The first-order chi connectivity index (χ1) is 11.1. The summed E-state index contributed by atoms with van der Waals surface area (Å²) in [5.74, 6) is 1.01. The van der Waals surface area contributed by atoms with Gasteiger partial charge in [0.25, 0.3) is 11.3 Å².